The molecule has 20 heavy (non-hydrogen) atoms. The maximum atomic E-state index is 10.4. The monoisotopic (exact) mass is 271 g/mol. The van der Waals surface area contributed by atoms with E-state index in [2.05, 4.69) is 15.5 Å². The van der Waals surface area contributed by atoms with Gasteiger partial charge in [-0.1, -0.05) is 23.4 Å². The van der Waals surface area contributed by atoms with Gasteiger partial charge in [-0.25, -0.2) is 0 Å². The van der Waals surface area contributed by atoms with E-state index < -0.39 is 5.60 Å². The number of β-amino-alcohol motifs (C(OH)–C–C–N with tert-alkyl or cyclic N) is 1. The van der Waals surface area contributed by atoms with Crippen molar-refractivity contribution in [3.63, 3.8) is 0 Å². The minimum atomic E-state index is -1.07. The molecule has 1 atom stereocenters. The first-order chi connectivity index (χ1) is 9.74. The molecule has 0 aliphatic carbocycles. The smallest absolute Gasteiger partial charge is 0.260 e. The summed E-state index contributed by atoms with van der Waals surface area (Å²) in [5.74, 6) is 1.13. The van der Waals surface area contributed by atoms with Crippen molar-refractivity contribution in [2.45, 2.75) is 12.0 Å². The van der Waals surface area contributed by atoms with E-state index in [9.17, 15) is 5.11 Å². The van der Waals surface area contributed by atoms with Crippen molar-refractivity contribution in [3.8, 4) is 11.6 Å². The van der Waals surface area contributed by atoms with Crippen LogP contribution in [0.4, 0.5) is 0 Å². The minimum absolute atomic E-state index is 0.234. The zero-order valence-electron chi connectivity index (χ0n) is 10.7. The van der Waals surface area contributed by atoms with Crippen molar-refractivity contribution in [1.82, 2.24) is 15.5 Å². The third-order valence-corrected chi connectivity index (χ3v) is 3.60. The molecule has 1 aliphatic heterocycles. The van der Waals surface area contributed by atoms with Crippen molar-refractivity contribution < 1.29 is 14.0 Å². The normalized spacial score (nSPS) is 22.6. The fourth-order valence-electron chi connectivity index (χ4n) is 2.47. The summed E-state index contributed by atoms with van der Waals surface area (Å²) in [6.45, 7) is 1.16. The quantitative estimate of drug-likeness (QED) is 0.737. The number of fused-ring (bicyclic) bond motifs is 1. The van der Waals surface area contributed by atoms with E-state index in [4.69, 9.17) is 8.94 Å². The van der Waals surface area contributed by atoms with Crippen LogP contribution in [0.3, 0.4) is 0 Å². The Morgan fingerprint density at radius 3 is 3.00 bits per heavy atom. The summed E-state index contributed by atoms with van der Waals surface area (Å²) in [5, 5.41) is 18.3. The summed E-state index contributed by atoms with van der Waals surface area (Å²) in [5.41, 5.74) is -0.299. The number of aromatic nitrogens is 2. The number of nitrogens with zero attached hydrogens (tertiary/aromatic N) is 2. The maximum Gasteiger partial charge on any atom is 0.260 e. The molecule has 0 saturated carbocycles. The van der Waals surface area contributed by atoms with Gasteiger partial charge in [0.15, 0.2) is 11.4 Å². The Labute approximate surface area is 114 Å². The number of nitrogens with one attached hydrogen (secondary N) is 1. The second kappa shape index (κ2) is 4.16. The van der Waals surface area contributed by atoms with Gasteiger partial charge < -0.3 is 19.4 Å². The molecule has 3 heterocycles. The zero-order valence-corrected chi connectivity index (χ0v) is 10.7. The SMILES string of the molecule is OC1(c2nc(-c3cc4ccccc4o3)no2)CCNC1. The van der Waals surface area contributed by atoms with Crippen LogP contribution in [0.5, 0.6) is 0 Å². The minimum Gasteiger partial charge on any atom is -0.453 e. The lowest BCUT2D eigenvalue weighted by Gasteiger charge is -2.14. The van der Waals surface area contributed by atoms with Gasteiger partial charge in [0.2, 0.25) is 5.82 Å². The lowest BCUT2D eigenvalue weighted by molar-refractivity contribution is 0.0243. The van der Waals surface area contributed by atoms with E-state index in [1.807, 2.05) is 30.3 Å². The van der Waals surface area contributed by atoms with Gasteiger partial charge in [0.05, 0.1) is 0 Å². The molecule has 0 amide bonds. The van der Waals surface area contributed by atoms with Gasteiger partial charge in [-0.15, -0.1) is 0 Å². The van der Waals surface area contributed by atoms with Gasteiger partial charge >= 0.3 is 0 Å². The van der Waals surface area contributed by atoms with Crippen molar-refractivity contribution in [3.05, 3.63) is 36.2 Å². The molecule has 3 aromatic rings. The molecule has 6 heteroatoms. The van der Waals surface area contributed by atoms with Crippen molar-refractivity contribution in [2.24, 2.45) is 0 Å². The summed E-state index contributed by atoms with van der Waals surface area (Å²) in [7, 11) is 0. The first kappa shape index (κ1) is 11.6. The van der Waals surface area contributed by atoms with Gasteiger partial charge in [0.1, 0.15) is 5.58 Å². The summed E-state index contributed by atoms with van der Waals surface area (Å²) in [6, 6.07) is 9.55. The highest BCUT2D eigenvalue weighted by Crippen LogP contribution is 2.30. The maximum absolute atomic E-state index is 10.4. The number of benzene rings is 1. The van der Waals surface area contributed by atoms with E-state index in [1.54, 1.807) is 0 Å². The molecule has 1 fully saturated rings. The van der Waals surface area contributed by atoms with Gasteiger partial charge in [-0.2, -0.15) is 4.98 Å². The predicted octanol–water partition coefficient (Wildman–Crippen LogP) is 1.66. The summed E-state index contributed by atoms with van der Waals surface area (Å²) in [6.07, 6.45) is 0.564. The number of para-hydroxylation sites is 1. The molecule has 1 unspecified atom stereocenters. The van der Waals surface area contributed by atoms with Crippen molar-refractivity contribution in [1.29, 1.82) is 0 Å². The van der Waals surface area contributed by atoms with Crippen LogP contribution in [0.2, 0.25) is 0 Å². The third-order valence-electron chi connectivity index (χ3n) is 3.60. The first-order valence-electron chi connectivity index (χ1n) is 6.51. The summed E-state index contributed by atoms with van der Waals surface area (Å²) >= 11 is 0. The lowest BCUT2D eigenvalue weighted by atomic mass is 10.0. The van der Waals surface area contributed by atoms with E-state index in [-0.39, 0.29) is 5.89 Å². The molecule has 6 nitrogen and oxygen atoms in total. The van der Waals surface area contributed by atoms with Crippen LogP contribution in [-0.2, 0) is 5.60 Å². The predicted molar refractivity (Wildman–Crippen MR) is 70.9 cm³/mol. The molecule has 2 aromatic heterocycles. The van der Waals surface area contributed by atoms with E-state index in [0.717, 1.165) is 17.5 Å². The first-order valence-corrected chi connectivity index (χ1v) is 6.51. The Morgan fingerprint density at radius 2 is 2.20 bits per heavy atom. The molecular weight excluding hydrogens is 258 g/mol. The highest BCUT2D eigenvalue weighted by Gasteiger charge is 2.39. The van der Waals surface area contributed by atoms with Crippen molar-refractivity contribution in [2.75, 3.05) is 13.1 Å². The Bertz CT molecular complexity index is 723. The van der Waals surface area contributed by atoms with Gasteiger partial charge in [0, 0.05) is 11.9 Å². The number of rotatable bonds is 2. The van der Waals surface area contributed by atoms with E-state index in [1.165, 1.54) is 0 Å². The molecule has 0 spiro atoms. The van der Waals surface area contributed by atoms with Crippen molar-refractivity contribution >= 4 is 11.0 Å². The van der Waals surface area contributed by atoms with E-state index in [0.29, 0.717) is 24.6 Å². The van der Waals surface area contributed by atoms with Crippen LogP contribution in [-0.4, -0.2) is 28.3 Å². The third kappa shape index (κ3) is 1.73. The number of hydrogen-bond acceptors (Lipinski definition) is 6. The van der Waals surface area contributed by atoms with E-state index >= 15 is 0 Å². The van der Waals surface area contributed by atoms with Crippen LogP contribution < -0.4 is 5.32 Å². The largest absolute Gasteiger partial charge is 0.453 e. The van der Waals surface area contributed by atoms with Crippen LogP contribution in [0.1, 0.15) is 12.3 Å². The number of furan rings is 1. The molecule has 4 rings (SSSR count). The molecule has 0 radical (unpaired) electrons. The van der Waals surface area contributed by atoms with Crippen LogP contribution in [0, 0.1) is 0 Å². The molecule has 1 aliphatic rings. The Balaban J connectivity index is 1.74. The second-order valence-electron chi connectivity index (χ2n) is 5.03. The van der Waals surface area contributed by atoms with Gasteiger partial charge in [-0.3, -0.25) is 0 Å². The number of hydrogen-bond donors (Lipinski definition) is 2. The van der Waals surface area contributed by atoms with Crippen LogP contribution in [0.25, 0.3) is 22.6 Å². The molecule has 2 N–H and O–H groups in total. The van der Waals surface area contributed by atoms with Crippen LogP contribution in [0.15, 0.2) is 39.3 Å². The van der Waals surface area contributed by atoms with Gasteiger partial charge in [-0.05, 0) is 25.1 Å². The highest BCUT2D eigenvalue weighted by atomic mass is 16.5. The molecule has 1 saturated heterocycles. The lowest BCUT2D eigenvalue weighted by Crippen LogP contribution is -2.28. The zero-order chi connectivity index (χ0) is 13.6. The van der Waals surface area contributed by atoms with Crippen LogP contribution >= 0.6 is 0 Å². The summed E-state index contributed by atoms with van der Waals surface area (Å²) < 4.78 is 10.9. The average Bonchev–Trinajstić information content (AvgIpc) is 3.17. The fourth-order valence-corrected chi connectivity index (χ4v) is 2.47. The molecule has 102 valence electrons. The fraction of sp³-hybridized carbons (Fsp3) is 0.286. The van der Waals surface area contributed by atoms with Gasteiger partial charge in [0.25, 0.3) is 5.89 Å². The average molecular weight is 271 g/mol. The second-order valence-corrected chi connectivity index (χ2v) is 5.03. The Kier molecular flexibility index (Phi) is 2.42. The molecule has 1 aromatic carbocycles. The highest BCUT2D eigenvalue weighted by molar-refractivity contribution is 5.81. The number of aliphatic hydroxyl groups is 1. The molecule has 0 bridgehead atoms. The topological polar surface area (TPSA) is 84.3 Å². The standard InChI is InChI=1S/C14H13N3O3/c18-14(5-6-15-8-14)13-16-12(17-20-13)11-7-9-3-1-2-4-10(9)19-11/h1-4,7,15,18H,5-6,8H2. The Morgan fingerprint density at radius 1 is 1.30 bits per heavy atom. The summed E-state index contributed by atoms with van der Waals surface area (Å²) in [4.78, 5) is 4.27. The molecular formula is C14H13N3O3. The Hall–Kier alpha value is -2.18.